The molecule has 1 fully saturated rings. The summed E-state index contributed by atoms with van der Waals surface area (Å²) in [7, 11) is 0. The van der Waals surface area contributed by atoms with Gasteiger partial charge in [0.1, 0.15) is 0 Å². The molecular weight excluding hydrogens is 222 g/mol. The molecule has 0 N–H and O–H groups in total. The van der Waals surface area contributed by atoms with Gasteiger partial charge < -0.3 is 4.90 Å². The molecule has 0 atom stereocenters. The Morgan fingerprint density at radius 3 is 2.33 bits per heavy atom. The number of nitrogens with zero attached hydrogens (tertiary/aromatic N) is 1. The van der Waals surface area contributed by atoms with Gasteiger partial charge in [0.15, 0.2) is 0 Å². The summed E-state index contributed by atoms with van der Waals surface area (Å²) in [6.07, 6.45) is 3.89. The Morgan fingerprint density at radius 1 is 1.17 bits per heavy atom. The van der Waals surface area contributed by atoms with Crippen LogP contribution in [0.4, 0.5) is 0 Å². The lowest BCUT2D eigenvalue weighted by atomic mass is 9.89. The predicted molar refractivity (Wildman–Crippen MR) is 74.4 cm³/mol. The Kier molecular flexibility index (Phi) is 4.19. The normalized spacial score (nSPS) is 16.4. The van der Waals surface area contributed by atoms with Crippen molar-refractivity contribution in [2.75, 3.05) is 13.1 Å². The van der Waals surface area contributed by atoms with Gasteiger partial charge in [-0.1, -0.05) is 35.9 Å². The Morgan fingerprint density at radius 2 is 1.78 bits per heavy atom. The van der Waals surface area contributed by atoms with Crippen LogP contribution in [0.15, 0.2) is 42.0 Å². The number of likely N-dealkylation sites (tertiary alicyclic amines) is 1. The number of piperidine rings is 1. The van der Waals surface area contributed by atoms with Crippen LogP contribution in [0.3, 0.4) is 0 Å². The number of carbonyl (C=O) groups excluding carboxylic acids is 1. The molecule has 2 rings (SSSR count). The van der Waals surface area contributed by atoms with Crippen LogP contribution in [0.5, 0.6) is 0 Å². The van der Waals surface area contributed by atoms with Crippen LogP contribution in [-0.2, 0) is 4.79 Å². The molecule has 0 spiro atoms. The largest absolute Gasteiger partial charge is 0.339 e. The molecule has 1 amide bonds. The Bertz CT molecular complexity index is 424. The fourth-order valence-corrected chi connectivity index (χ4v) is 2.50. The minimum Gasteiger partial charge on any atom is -0.339 e. The molecule has 1 heterocycles. The zero-order valence-electron chi connectivity index (χ0n) is 11.2. The fraction of sp³-hybridized carbons (Fsp3) is 0.438. The maximum atomic E-state index is 11.9. The van der Waals surface area contributed by atoms with Crippen molar-refractivity contribution >= 4 is 5.91 Å². The molecule has 18 heavy (non-hydrogen) atoms. The van der Waals surface area contributed by atoms with Crippen molar-refractivity contribution in [2.45, 2.75) is 32.6 Å². The van der Waals surface area contributed by atoms with Crippen molar-refractivity contribution in [2.24, 2.45) is 0 Å². The number of hydrogen-bond donors (Lipinski definition) is 0. The van der Waals surface area contributed by atoms with E-state index in [0.717, 1.165) is 31.5 Å². The molecule has 1 aliphatic heterocycles. The van der Waals surface area contributed by atoms with E-state index in [4.69, 9.17) is 0 Å². The lowest BCUT2D eigenvalue weighted by molar-refractivity contribution is -0.127. The highest BCUT2D eigenvalue weighted by atomic mass is 16.2. The summed E-state index contributed by atoms with van der Waals surface area (Å²) in [6, 6.07) is 10.6. The highest BCUT2D eigenvalue weighted by molar-refractivity contribution is 5.88. The molecule has 2 heteroatoms. The number of allylic oxidation sites excluding steroid dienone is 1. The van der Waals surface area contributed by atoms with Crippen LogP contribution >= 0.6 is 0 Å². The van der Waals surface area contributed by atoms with E-state index in [9.17, 15) is 4.79 Å². The van der Waals surface area contributed by atoms with Gasteiger partial charge in [-0.05, 0) is 38.2 Å². The van der Waals surface area contributed by atoms with Gasteiger partial charge >= 0.3 is 0 Å². The first-order valence-electron chi connectivity index (χ1n) is 6.65. The monoisotopic (exact) mass is 243 g/mol. The van der Waals surface area contributed by atoms with E-state index in [1.807, 2.05) is 18.7 Å². The summed E-state index contributed by atoms with van der Waals surface area (Å²) in [4.78, 5) is 13.9. The highest BCUT2D eigenvalue weighted by Gasteiger charge is 2.22. The lowest BCUT2D eigenvalue weighted by Crippen LogP contribution is -2.37. The van der Waals surface area contributed by atoms with E-state index < -0.39 is 0 Å². The number of rotatable bonds is 2. The standard InChI is InChI=1S/C16H21NO/c1-13(2)12-16(18)17-10-8-15(9-11-17)14-6-4-3-5-7-14/h3-7,12,15H,8-11H2,1-2H3. The lowest BCUT2D eigenvalue weighted by Gasteiger charge is -2.31. The summed E-state index contributed by atoms with van der Waals surface area (Å²) in [5.74, 6) is 0.781. The van der Waals surface area contributed by atoms with Gasteiger partial charge in [-0.2, -0.15) is 0 Å². The van der Waals surface area contributed by atoms with Gasteiger partial charge in [0.05, 0.1) is 0 Å². The van der Waals surface area contributed by atoms with E-state index in [2.05, 4.69) is 30.3 Å². The second-order valence-corrected chi connectivity index (χ2v) is 5.23. The minimum absolute atomic E-state index is 0.168. The molecule has 0 aliphatic carbocycles. The van der Waals surface area contributed by atoms with Crippen molar-refractivity contribution in [1.29, 1.82) is 0 Å². The second-order valence-electron chi connectivity index (χ2n) is 5.23. The molecule has 1 saturated heterocycles. The summed E-state index contributed by atoms with van der Waals surface area (Å²) in [6.45, 7) is 5.69. The summed E-state index contributed by atoms with van der Waals surface area (Å²) < 4.78 is 0. The third-order valence-corrected chi connectivity index (χ3v) is 3.49. The molecule has 1 aliphatic rings. The van der Waals surface area contributed by atoms with Crippen LogP contribution in [0.2, 0.25) is 0 Å². The van der Waals surface area contributed by atoms with Gasteiger partial charge in [-0.15, -0.1) is 0 Å². The zero-order chi connectivity index (χ0) is 13.0. The summed E-state index contributed by atoms with van der Waals surface area (Å²) >= 11 is 0. The quantitative estimate of drug-likeness (QED) is 0.729. The molecule has 2 nitrogen and oxygen atoms in total. The average molecular weight is 243 g/mol. The maximum Gasteiger partial charge on any atom is 0.246 e. The van der Waals surface area contributed by atoms with Gasteiger partial charge in [0.25, 0.3) is 0 Å². The maximum absolute atomic E-state index is 11.9. The summed E-state index contributed by atoms with van der Waals surface area (Å²) in [5.41, 5.74) is 2.48. The van der Waals surface area contributed by atoms with Gasteiger partial charge in [-0.25, -0.2) is 0 Å². The van der Waals surface area contributed by atoms with Crippen LogP contribution in [0.1, 0.15) is 38.2 Å². The van der Waals surface area contributed by atoms with Crippen LogP contribution in [-0.4, -0.2) is 23.9 Å². The molecule has 1 aromatic rings. The van der Waals surface area contributed by atoms with E-state index in [1.165, 1.54) is 5.56 Å². The predicted octanol–water partition coefficient (Wildman–Crippen LogP) is 3.36. The van der Waals surface area contributed by atoms with Crippen LogP contribution in [0.25, 0.3) is 0 Å². The Hall–Kier alpha value is -1.57. The Balaban J connectivity index is 1.93. The van der Waals surface area contributed by atoms with Crippen molar-refractivity contribution in [1.82, 2.24) is 4.90 Å². The third-order valence-electron chi connectivity index (χ3n) is 3.49. The zero-order valence-corrected chi connectivity index (χ0v) is 11.2. The van der Waals surface area contributed by atoms with E-state index in [1.54, 1.807) is 6.08 Å². The molecule has 0 aromatic heterocycles. The van der Waals surface area contributed by atoms with Crippen molar-refractivity contribution < 1.29 is 4.79 Å². The van der Waals surface area contributed by atoms with Crippen molar-refractivity contribution in [3.8, 4) is 0 Å². The molecule has 96 valence electrons. The SMILES string of the molecule is CC(C)=CC(=O)N1CCC(c2ccccc2)CC1. The van der Waals surface area contributed by atoms with Crippen molar-refractivity contribution in [3.63, 3.8) is 0 Å². The van der Waals surface area contributed by atoms with Crippen LogP contribution < -0.4 is 0 Å². The van der Waals surface area contributed by atoms with E-state index >= 15 is 0 Å². The number of amides is 1. The van der Waals surface area contributed by atoms with Crippen LogP contribution in [0, 0.1) is 0 Å². The number of benzene rings is 1. The molecule has 0 unspecified atom stereocenters. The molecular formula is C16H21NO. The van der Waals surface area contributed by atoms with Gasteiger partial charge in [0.2, 0.25) is 5.91 Å². The number of hydrogen-bond acceptors (Lipinski definition) is 1. The second kappa shape index (κ2) is 5.85. The first kappa shape index (κ1) is 12.9. The van der Waals surface area contributed by atoms with Gasteiger partial charge in [-0.3, -0.25) is 4.79 Å². The Labute approximate surface area is 109 Å². The fourth-order valence-electron chi connectivity index (χ4n) is 2.50. The number of carbonyl (C=O) groups is 1. The molecule has 0 saturated carbocycles. The van der Waals surface area contributed by atoms with E-state index in [0.29, 0.717) is 5.92 Å². The summed E-state index contributed by atoms with van der Waals surface area (Å²) in [5, 5.41) is 0. The third kappa shape index (κ3) is 3.22. The molecule has 0 bridgehead atoms. The molecule has 1 aromatic carbocycles. The molecule has 0 radical (unpaired) electrons. The highest BCUT2D eigenvalue weighted by Crippen LogP contribution is 2.27. The van der Waals surface area contributed by atoms with Gasteiger partial charge in [0, 0.05) is 19.2 Å². The topological polar surface area (TPSA) is 20.3 Å². The minimum atomic E-state index is 0.168. The average Bonchev–Trinajstić information content (AvgIpc) is 2.39. The first-order chi connectivity index (χ1) is 8.66. The first-order valence-corrected chi connectivity index (χ1v) is 6.65. The van der Waals surface area contributed by atoms with E-state index in [-0.39, 0.29) is 5.91 Å². The van der Waals surface area contributed by atoms with Crippen molar-refractivity contribution in [3.05, 3.63) is 47.5 Å². The smallest absolute Gasteiger partial charge is 0.246 e.